The summed E-state index contributed by atoms with van der Waals surface area (Å²) >= 11 is 0. The number of hydrogen-bond donors (Lipinski definition) is 1. The molecular formula is C22H28N6O2. The second-order valence-corrected chi connectivity index (χ2v) is 7.31. The van der Waals surface area contributed by atoms with Gasteiger partial charge in [-0.25, -0.2) is 9.97 Å². The Labute approximate surface area is 176 Å². The number of aromatic nitrogens is 4. The number of nitrogens with two attached hydrogens (primary N) is 1. The van der Waals surface area contributed by atoms with E-state index in [1.54, 1.807) is 30.6 Å². The molecule has 8 heteroatoms. The smallest absolute Gasteiger partial charge is 0.261 e. The summed E-state index contributed by atoms with van der Waals surface area (Å²) in [7, 11) is 0. The number of carbonyl (C=O) groups excluding carboxylic acids is 2. The number of imidazole rings is 2. The molecule has 4 rings (SSSR count). The summed E-state index contributed by atoms with van der Waals surface area (Å²) in [6.07, 6.45) is 9.32. The number of imide groups is 1. The maximum absolute atomic E-state index is 12.1. The lowest BCUT2D eigenvalue weighted by molar-refractivity contribution is 0.0650. The number of hydrogen-bond acceptors (Lipinski definition) is 5. The van der Waals surface area contributed by atoms with Gasteiger partial charge in [-0.05, 0) is 45.4 Å². The number of nitrogens with zero attached hydrogens (tertiary/aromatic N) is 5. The van der Waals surface area contributed by atoms with Gasteiger partial charge in [0.15, 0.2) is 0 Å². The minimum atomic E-state index is -0.188. The normalized spacial score (nSPS) is 12.7. The Hall–Kier alpha value is -3.26. The summed E-state index contributed by atoms with van der Waals surface area (Å²) in [5, 5.41) is 0. The molecule has 8 nitrogen and oxygen atoms in total. The van der Waals surface area contributed by atoms with Crippen LogP contribution in [0.25, 0.3) is 0 Å². The van der Waals surface area contributed by atoms with Gasteiger partial charge in [-0.15, -0.1) is 0 Å². The van der Waals surface area contributed by atoms with Crippen LogP contribution in [0.5, 0.6) is 0 Å². The molecule has 0 bridgehead atoms. The number of benzene rings is 1. The van der Waals surface area contributed by atoms with Crippen LogP contribution >= 0.6 is 0 Å². The monoisotopic (exact) mass is 408 g/mol. The molecule has 3 aromatic rings. The van der Waals surface area contributed by atoms with E-state index >= 15 is 0 Å². The Morgan fingerprint density at radius 2 is 1.30 bits per heavy atom. The van der Waals surface area contributed by atoms with Crippen molar-refractivity contribution in [2.24, 2.45) is 5.73 Å². The van der Waals surface area contributed by atoms with Crippen LogP contribution in [0.15, 0.2) is 49.3 Å². The molecule has 1 aliphatic heterocycles. The van der Waals surface area contributed by atoms with Crippen LogP contribution < -0.4 is 5.73 Å². The highest BCUT2D eigenvalue weighted by Gasteiger charge is 2.34. The minimum Gasteiger partial charge on any atom is -0.337 e. The summed E-state index contributed by atoms with van der Waals surface area (Å²) in [6.45, 7) is 6.83. The molecule has 0 radical (unpaired) electrons. The van der Waals surface area contributed by atoms with Crippen molar-refractivity contribution in [2.45, 2.75) is 39.8 Å². The van der Waals surface area contributed by atoms with Crippen molar-refractivity contribution in [3.63, 3.8) is 0 Å². The first-order valence-electron chi connectivity index (χ1n) is 10.1. The van der Waals surface area contributed by atoms with Crippen molar-refractivity contribution in [1.82, 2.24) is 24.0 Å². The molecule has 0 aliphatic carbocycles. The second-order valence-electron chi connectivity index (χ2n) is 7.31. The second kappa shape index (κ2) is 9.98. The van der Waals surface area contributed by atoms with Gasteiger partial charge in [-0.1, -0.05) is 12.1 Å². The molecule has 3 heterocycles. The fraction of sp³-hybridized carbons (Fsp3) is 0.364. The first-order chi connectivity index (χ1) is 14.5. The van der Waals surface area contributed by atoms with E-state index in [0.717, 1.165) is 43.9 Å². The molecule has 1 aromatic carbocycles. The topological polar surface area (TPSA) is 99.0 Å². The van der Waals surface area contributed by atoms with Crippen LogP contribution in [0.2, 0.25) is 0 Å². The molecule has 2 amide bonds. The van der Waals surface area contributed by atoms with Crippen molar-refractivity contribution in [1.29, 1.82) is 0 Å². The van der Waals surface area contributed by atoms with Gasteiger partial charge in [-0.2, -0.15) is 0 Å². The lowest BCUT2D eigenvalue weighted by atomic mass is 10.1. The van der Waals surface area contributed by atoms with E-state index in [9.17, 15) is 9.59 Å². The van der Waals surface area contributed by atoms with E-state index in [1.165, 1.54) is 4.90 Å². The summed E-state index contributed by atoms with van der Waals surface area (Å²) < 4.78 is 4.02. The minimum absolute atomic E-state index is 0.188. The fourth-order valence-electron chi connectivity index (χ4n) is 3.32. The highest BCUT2D eigenvalue weighted by atomic mass is 16.2. The first kappa shape index (κ1) is 21.4. The van der Waals surface area contributed by atoms with Crippen LogP contribution in [-0.4, -0.2) is 48.9 Å². The number of fused-ring (bicyclic) bond motifs is 1. The Kier molecular flexibility index (Phi) is 7.13. The lowest BCUT2D eigenvalue weighted by Crippen LogP contribution is -2.31. The van der Waals surface area contributed by atoms with E-state index in [0.29, 0.717) is 17.7 Å². The third kappa shape index (κ3) is 5.21. The predicted molar refractivity (Wildman–Crippen MR) is 114 cm³/mol. The van der Waals surface area contributed by atoms with E-state index in [2.05, 4.69) is 14.5 Å². The summed E-state index contributed by atoms with van der Waals surface area (Å²) in [6, 6.07) is 6.97. The van der Waals surface area contributed by atoms with Crippen LogP contribution in [-0.2, 0) is 13.1 Å². The molecule has 0 atom stereocenters. The number of aryl methyl sites for hydroxylation is 4. The maximum atomic E-state index is 12.1. The van der Waals surface area contributed by atoms with Crippen LogP contribution in [0.4, 0.5) is 0 Å². The van der Waals surface area contributed by atoms with Crippen molar-refractivity contribution in [2.75, 3.05) is 13.1 Å². The lowest BCUT2D eigenvalue weighted by Gasteiger charge is -2.13. The zero-order chi connectivity index (χ0) is 21.5. The SMILES string of the molecule is Cc1cn(CCCN)cn1.Cc1cn(CCCN2C(=O)c3ccccc3C2=O)cn1. The van der Waals surface area contributed by atoms with Crippen LogP contribution in [0, 0.1) is 13.8 Å². The van der Waals surface area contributed by atoms with Crippen molar-refractivity contribution >= 4 is 11.8 Å². The van der Waals surface area contributed by atoms with E-state index in [1.807, 2.05) is 37.1 Å². The Morgan fingerprint density at radius 3 is 1.73 bits per heavy atom. The number of carbonyl (C=O) groups is 2. The maximum Gasteiger partial charge on any atom is 0.261 e. The Balaban J connectivity index is 0.000000216. The molecule has 2 N–H and O–H groups in total. The van der Waals surface area contributed by atoms with Gasteiger partial charge in [-0.3, -0.25) is 14.5 Å². The van der Waals surface area contributed by atoms with E-state index in [4.69, 9.17) is 5.73 Å². The van der Waals surface area contributed by atoms with Gasteiger partial charge in [0.05, 0.1) is 35.2 Å². The van der Waals surface area contributed by atoms with Crippen LogP contribution in [0.1, 0.15) is 44.9 Å². The van der Waals surface area contributed by atoms with Gasteiger partial charge in [0, 0.05) is 32.0 Å². The molecule has 30 heavy (non-hydrogen) atoms. The van der Waals surface area contributed by atoms with E-state index in [-0.39, 0.29) is 11.8 Å². The molecule has 1 aliphatic rings. The van der Waals surface area contributed by atoms with Gasteiger partial charge in [0.2, 0.25) is 0 Å². The number of amides is 2. The Bertz CT molecular complexity index is 971. The van der Waals surface area contributed by atoms with Gasteiger partial charge in [0.25, 0.3) is 11.8 Å². The summed E-state index contributed by atoms with van der Waals surface area (Å²) in [5.74, 6) is -0.375. The number of rotatable bonds is 7. The predicted octanol–water partition coefficient (Wildman–Crippen LogP) is 2.42. The third-order valence-corrected chi connectivity index (χ3v) is 4.82. The van der Waals surface area contributed by atoms with Gasteiger partial charge < -0.3 is 14.9 Å². The molecule has 158 valence electrons. The summed E-state index contributed by atoms with van der Waals surface area (Å²) in [5.41, 5.74) is 8.40. The van der Waals surface area contributed by atoms with E-state index < -0.39 is 0 Å². The molecular weight excluding hydrogens is 380 g/mol. The molecule has 0 fully saturated rings. The molecule has 2 aromatic heterocycles. The largest absolute Gasteiger partial charge is 0.337 e. The quantitative estimate of drug-likeness (QED) is 0.605. The van der Waals surface area contributed by atoms with Crippen molar-refractivity contribution in [3.05, 3.63) is 71.8 Å². The van der Waals surface area contributed by atoms with Gasteiger partial charge in [0.1, 0.15) is 0 Å². The average Bonchev–Trinajstić information content (AvgIpc) is 3.42. The van der Waals surface area contributed by atoms with Gasteiger partial charge >= 0.3 is 0 Å². The third-order valence-electron chi connectivity index (χ3n) is 4.82. The average molecular weight is 409 g/mol. The fourth-order valence-corrected chi connectivity index (χ4v) is 3.32. The first-order valence-corrected chi connectivity index (χ1v) is 10.1. The van der Waals surface area contributed by atoms with Crippen molar-refractivity contribution in [3.8, 4) is 0 Å². The zero-order valence-corrected chi connectivity index (χ0v) is 17.5. The highest BCUT2D eigenvalue weighted by Crippen LogP contribution is 2.22. The molecule has 0 saturated heterocycles. The molecule has 0 saturated carbocycles. The Morgan fingerprint density at radius 1 is 0.800 bits per heavy atom. The standard InChI is InChI=1S/C15H15N3O2.C7H13N3/c1-11-9-17(10-16-11)7-4-8-18-14(19)12-5-2-3-6-13(12)15(18)20;1-7-5-10(6-9-7)4-2-3-8/h2-3,5-6,9-10H,4,7-8H2,1H3;5-6H,2-4,8H2,1H3. The highest BCUT2D eigenvalue weighted by molar-refractivity contribution is 6.21. The summed E-state index contributed by atoms with van der Waals surface area (Å²) in [4.78, 5) is 33.8. The molecule has 0 spiro atoms. The zero-order valence-electron chi connectivity index (χ0n) is 17.5. The van der Waals surface area contributed by atoms with Crippen molar-refractivity contribution < 1.29 is 9.59 Å². The van der Waals surface area contributed by atoms with Crippen LogP contribution in [0.3, 0.4) is 0 Å². The molecule has 0 unspecified atom stereocenters.